The van der Waals surface area contributed by atoms with Gasteiger partial charge in [-0.25, -0.2) is 8.42 Å². The summed E-state index contributed by atoms with van der Waals surface area (Å²) in [4.78, 5) is 11.0. The molecule has 0 unspecified atom stereocenters. The lowest BCUT2D eigenvalue weighted by Gasteiger charge is -2.12. The van der Waals surface area contributed by atoms with Crippen molar-refractivity contribution in [1.29, 1.82) is 0 Å². The van der Waals surface area contributed by atoms with E-state index in [2.05, 4.69) is 10.0 Å². The predicted octanol–water partition coefficient (Wildman–Crippen LogP) is 3.82. The van der Waals surface area contributed by atoms with E-state index in [0.717, 1.165) is 11.3 Å². The Morgan fingerprint density at radius 1 is 1.26 bits per heavy atom. The molecule has 0 saturated carbocycles. The number of hydrogen-bond donors (Lipinski definition) is 2. The lowest BCUT2D eigenvalue weighted by molar-refractivity contribution is -0.114. The second kappa shape index (κ2) is 6.96. The number of methoxy groups -OCH3 is 1. The summed E-state index contributed by atoms with van der Waals surface area (Å²) < 4.78 is 32.6. The smallest absolute Gasteiger partial charge is 0.264 e. The van der Waals surface area contributed by atoms with Crippen molar-refractivity contribution < 1.29 is 17.9 Å². The zero-order chi connectivity index (χ0) is 17.2. The van der Waals surface area contributed by atoms with Crippen molar-refractivity contribution in [2.75, 3.05) is 17.1 Å². The lowest BCUT2D eigenvalue weighted by atomic mass is 10.2. The first kappa shape index (κ1) is 17.9. The molecule has 0 aliphatic carbocycles. The first-order chi connectivity index (χ1) is 10.7. The predicted molar refractivity (Wildman–Crippen MR) is 92.4 cm³/mol. The maximum absolute atomic E-state index is 12.3. The Morgan fingerprint density at radius 2 is 1.96 bits per heavy atom. The summed E-state index contributed by atoms with van der Waals surface area (Å²) in [5.41, 5.74) is 0.689. The van der Waals surface area contributed by atoms with Crippen LogP contribution in [0.2, 0.25) is 8.67 Å². The van der Waals surface area contributed by atoms with Gasteiger partial charge in [0.25, 0.3) is 10.0 Å². The molecule has 1 aromatic heterocycles. The average Bonchev–Trinajstić information content (AvgIpc) is 2.79. The Bertz CT molecular complexity index is 850. The number of rotatable bonds is 5. The standard InChI is InChI=1S/C13H12Cl2N2O4S2/c1-7(18)16-9-4-3-8(5-10(9)21-2)17-23(19,20)11-6-12(14)22-13(11)15/h3-6,17H,1-2H3,(H,16,18). The molecule has 0 spiro atoms. The average molecular weight is 395 g/mol. The Morgan fingerprint density at radius 3 is 2.48 bits per heavy atom. The molecule has 2 N–H and O–H groups in total. The summed E-state index contributed by atoms with van der Waals surface area (Å²) in [7, 11) is -2.47. The third-order valence-electron chi connectivity index (χ3n) is 2.68. The first-order valence-electron chi connectivity index (χ1n) is 6.16. The number of hydrogen-bond acceptors (Lipinski definition) is 5. The quantitative estimate of drug-likeness (QED) is 0.806. The Hall–Kier alpha value is -1.48. The molecule has 1 amide bonds. The number of carbonyl (C=O) groups is 1. The van der Waals surface area contributed by atoms with Gasteiger partial charge in [-0.1, -0.05) is 23.2 Å². The van der Waals surface area contributed by atoms with Crippen LogP contribution in [0.3, 0.4) is 0 Å². The number of benzene rings is 1. The topological polar surface area (TPSA) is 84.5 Å². The van der Waals surface area contributed by atoms with Crippen molar-refractivity contribution in [3.05, 3.63) is 32.9 Å². The van der Waals surface area contributed by atoms with Crippen LogP contribution in [0.25, 0.3) is 0 Å². The summed E-state index contributed by atoms with van der Waals surface area (Å²) in [6.07, 6.45) is 0. The number of amides is 1. The van der Waals surface area contributed by atoms with Gasteiger partial charge in [-0.05, 0) is 18.2 Å². The summed E-state index contributed by atoms with van der Waals surface area (Å²) in [5, 5.41) is 2.58. The molecule has 0 atom stereocenters. The van der Waals surface area contributed by atoms with E-state index >= 15 is 0 Å². The van der Waals surface area contributed by atoms with Crippen LogP contribution in [0, 0.1) is 0 Å². The van der Waals surface area contributed by atoms with Crippen LogP contribution in [0.5, 0.6) is 5.75 Å². The number of anilines is 2. The van der Waals surface area contributed by atoms with Crippen molar-refractivity contribution in [3.8, 4) is 5.75 Å². The van der Waals surface area contributed by atoms with E-state index in [1.807, 2.05) is 0 Å². The van der Waals surface area contributed by atoms with Crippen molar-refractivity contribution in [2.24, 2.45) is 0 Å². The maximum atomic E-state index is 12.3. The molecule has 0 fully saturated rings. The number of thiophene rings is 1. The molecular weight excluding hydrogens is 383 g/mol. The molecule has 0 radical (unpaired) electrons. The van der Waals surface area contributed by atoms with Crippen molar-refractivity contribution in [3.63, 3.8) is 0 Å². The van der Waals surface area contributed by atoms with Crippen LogP contribution in [-0.2, 0) is 14.8 Å². The molecule has 0 aliphatic heterocycles. The van der Waals surface area contributed by atoms with Crippen LogP contribution in [-0.4, -0.2) is 21.4 Å². The molecule has 6 nitrogen and oxygen atoms in total. The SMILES string of the molecule is COc1cc(NS(=O)(=O)c2cc(Cl)sc2Cl)ccc1NC(C)=O. The van der Waals surface area contributed by atoms with E-state index in [4.69, 9.17) is 27.9 Å². The minimum absolute atomic E-state index is 0.0735. The Kier molecular flexibility index (Phi) is 5.41. The van der Waals surface area contributed by atoms with E-state index in [9.17, 15) is 13.2 Å². The fourth-order valence-electron chi connectivity index (χ4n) is 1.77. The second-order valence-corrected chi connectivity index (χ2v) is 8.33. The second-order valence-electron chi connectivity index (χ2n) is 4.39. The molecular formula is C13H12Cl2N2O4S2. The highest BCUT2D eigenvalue weighted by Crippen LogP contribution is 2.36. The van der Waals surface area contributed by atoms with Crippen LogP contribution in [0.15, 0.2) is 29.2 Å². The van der Waals surface area contributed by atoms with Gasteiger partial charge in [0.05, 0.1) is 22.8 Å². The molecule has 2 aromatic rings. The highest BCUT2D eigenvalue weighted by atomic mass is 35.5. The van der Waals surface area contributed by atoms with Gasteiger partial charge in [-0.3, -0.25) is 9.52 Å². The molecule has 1 aromatic carbocycles. The summed E-state index contributed by atoms with van der Waals surface area (Å²) >= 11 is 12.6. The fourth-order valence-corrected chi connectivity index (χ4v) is 4.97. The van der Waals surface area contributed by atoms with E-state index in [1.165, 1.54) is 38.3 Å². The number of nitrogens with one attached hydrogen (secondary N) is 2. The van der Waals surface area contributed by atoms with Gasteiger partial charge in [-0.2, -0.15) is 0 Å². The van der Waals surface area contributed by atoms with Gasteiger partial charge < -0.3 is 10.1 Å². The number of carbonyl (C=O) groups excluding carboxylic acids is 1. The van der Waals surface area contributed by atoms with E-state index in [1.54, 1.807) is 0 Å². The minimum Gasteiger partial charge on any atom is -0.494 e. The summed E-state index contributed by atoms with van der Waals surface area (Å²) in [6.45, 7) is 1.36. The van der Waals surface area contributed by atoms with Gasteiger partial charge in [-0.15, -0.1) is 11.3 Å². The van der Waals surface area contributed by atoms with Gasteiger partial charge >= 0.3 is 0 Å². The fraction of sp³-hybridized carbons (Fsp3) is 0.154. The first-order valence-corrected chi connectivity index (χ1v) is 9.22. The molecule has 0 aliphatic rings. The van der Waals surface area contributed by atoms with Gasteiger partial charge in [0, 0.05) is 13.0 Å². The molecule has 2 rings (SSSR count). The van der Waals surface area contributed by atoms with Gasteiger partial charge in [0.1, 0.15) is 15.0 Å². The Balaban J connectivity index is 2.33. The summed E-state index contributed by atoms with van der Waals surface area (Å²) in [5.74, 6) is 0.0474. The van der Waals surface area contributed by atoms with E-state index in [0.29, 0.717) is 11.4 Å². The van der Waals surface area contributed by atoms with Crippen LogP contribution >= 0.6 is 34.5 Å². The minimum atomic E-state index is -3.88. The third kappa shape index (κ3) is 4.29. The third-order valence-corrected chi connectivity index (χ3v) is 5.81. The van der Waals surface area contributed by atoms with E-state index in [-0.39, 0.29) is 25.2 Å². The number of halogens is 2. The number of sulfonamides is 1. The largest absolute Gasteiger partial charge is 0.494 e. The van der Waals surface area contributed by atoms with E-state index < -0.39 is 10.0 Å². The molecule has 1 heterocycles. The zero-order valence-corrected chi connectivity index (χ0v) is 15.2. The van der Waals surface area contributed by atoms with Crippen molar-refractivity contribution in [2.45, 2.75) is 11.8 Å². The molecule has 0 bridgehead atoms. The van der Waals surface area contributed by atoms with Crippen LogP contribution < -0.4 is 14.8 Å². The zero-order valence-electron chi connectivity index (χ0n) is 12.0. The summed E-state index contributed by atoms with van der Waals surface area (Å²) in [6, 6.07) is 5.75. The lowest BCUT2D eigenvalue weighted by Crippen LogP contribution is -2.13. The van der Waals surface area contributed by atoms with Gasteiger partial charge in [0.2, 0.25) is 5.91 Å². The van der Waals surface area contributed by atoms with Crippen molar-refractivity contribution in [1.82, 2.24) is 0 Å². The monoisotopic (exact) mass is 394 g/mol. The van der Waals surface area contributed by atoms with Crippen molar-refractivity contribution >= 4 is 61.8 Å². The van der Waals surface area contributed by atoms with Crippen LogP contribution in [0.1, 0.15) is 6.92 Å². The molecule has 0 saturated heterocycles. The molecule has 124 valence electrons. The van der Waals surface area contributed by atoms with Gasteiger partial charge in [0.15, 0.2) is 0 Å². The normalized spacial score (nSPS) is 11.1. The highest BCUT2D eigenvalue weighted by molar-refractivity contribution is 7.93. The maximum Gasteiger partial charge on any atom is 0.264 e. The van der Waals surface area contributed by atoms with Crippen LogP contribution in [0.4, 0.5) is 11.4 Å². The molecule has 10 heteroatoms. The number of ether oxygens (including phenoxy) is 1. The Labute approximate surface area is 147 Å². The molecule has 23 heavy (non-hydrogen) atoms. The highest BCUT2D eigenvalue weighted by Gasteiger charge is 2.21.